The molecule has 1 atom stereocenters. The smallest absolute Gasteiger partial charge is 0.334 e. The summed E-state index contributed by atoms with van der Waals surface area (Å²) in [5, 5.41) is 3.09. The third-order valence-corrected chi connectivity index (χ3v) is 5.67. The number of nitrogens with one attached hydrogen (secondary N) is 1. The van der Waals surface area contributed by atoms with Gasteiger partial charge in [0.05, 0.1) is 7.11 Å². The Morgan fingerprint density at radius 2 is 1.88 bits per heavy atom. The topological polar surface area (TPSA) is 56.8 Å². The van der Waals surface area contributed by atoms with Crippen LogP contribution in [0.15, 0.2) is 0 Å². The number of ether oxygens (including phenoxy) is 1. The Hall–Kier alpha value is -0.433. The second-order valence-electron chi connectivity index (χ2n) is 3.84. The zero-order chi connectivity index (χ0) is 12.6. The maximum atomic E-state index is 11.1. The van der Waals surface area contributed by atoms with Gasteiger partial charge < -0.3 is 18.9 Å². The van der Waals surface area contributed by atoms with E-state index >= 15 is 0 Å². The fraction of sp³-hybridized carbons (Fsp3) is 0.900. The molecule has 0 bridgehead atoms. The van der Waals surface area contributed by atoms with Crippen molar-refractivity contribution in [1.82, 2.24) is 5.32 Å². The molecule has 0 fully saturated rings. The van der Waals surface area contributed by atoms with Gasteiger partial charge in [-0.25, -0.2) is 0 Å². The van der Waals surface area contributed by atoms with Crippen molar-refractivity contribution in [2.24, 2.45) is 0 Å². The molecule has 0 rings (SSSR count). The van der Waals surface area contributed by atoms with Crippen molar-refractivity contribution in [3.63, 3.8) is 0 Å². The highest BCUT2D eigenvalue weighted by molar-refractivity contribution is 6.65. The summed E-state index contributed by atoms with van der Waals surface area (Å²) in [6.07, 6.45) is 0.922. The summed E-state index contributed by atoms with van der Waals surface area (Å²) < 4.78 is 15.3. The third-order valence-electron chi connectivity index (χ3n) is 2.68. The first-order valence-corrected chi connectivity index (χ1v) is 7.93. The van der Waals surface area contributed by atoms with Crippen molar-refractivity contribution in [1.29, 1.82) is 0 Å². The molecule has 96 valence electrons. The van der Waals surface area contributed by atoms with Crippen molar-refractivity contribution in [2.75, 3.05) is 27.9 Å². The molecule has 0 aromatic carbocycles. The predicted molar refractivity (Wildman–Crippen MR) is 64.5 cm³/mol. The SMILES string of the molecule is COC(=O)C(C)NCCC[Si](C)(OC)OC. The fourth-order valence-electron chi connectivity index (χ4n) is 1.28. The van der Waals surface area contributed by atoms with Crippen LogP contribution in [0.25, 0.3) is 0 Å². The number of hydrogen-bond acceptors (Lipinski definition) is 5. The average Bonchev–Trinajstić information content (AvgIpc) is 2.32. The van der Waals surface area contributed by atoms with Gasteiger partial charge in [-0.1, -0.05) is 0 Å². The molecule has 16 heavy (non-hydrogen) atoms. The maximum Gasteiger partial charge on any atom is 0.334 e. The van der Waals surface area contributed by atoms with Crippen LogP contribution in [0.4, 0.5) is 0 Å². The highest BCUT2D eigenvalue weighted by atomic mass is 28.4. The van der Waals surface area contributed by atoms with Gasteiger partial charge in [0.1, 0.15) is 6.04 Å². The summed E-state index contributed by atoms with van der Waals surface area (Å²) >= 11 is 0. The highest BCUT2D eigenvalue weighted by Crippen LogP contribution is 2.12. The Kier molecular flexibility index (Phi) is 7.57. The lowest BCUT2D eigenvalue weighted by molar-refractivity contribution is -0.142. The lowest BCUT2D eigenvalue weighted by Gasteiger charge is -2.22. The van der Waals surface area contributed by atoms with Crippen LogP contribution in [0.3, 0.4) is 0 Å². The Bertz CT molecular complexity index is 209. The molecule has 0 radical (unpaired) electrons. The first-order valence-electron chi connectivity index (χ1n) is 5.40. The molecule has 0 saturated carbocycles. The monoisotopic (exact) mass is 249 g/mol. The van der Waals surface area contributed by atoms with E-state index in [0.717, 1.165) is 19.0 Å². The van der Waals surface area contributed by atoms with Crippen LogP contribution < -0.4 is 5.32 Å². The molecule has 0 aliphatic heterocycles. The van der Waals surface area contributed by atoms with E-state index in [1.807, 2.05) is 6.55 Å². The van der Waals surface area contributed by atoms with E-state index in [1.54, 1.807) is 21.1 Å². The molecule has 0 aromatic heterocycles. The predicted octanol–water partition coefficient (Wildman–Crippen LogP) is 0.892. The molecule has 0 aliphatic rings. The fourth-order valence-corrected chi connectivity index (χ4v) is 2.67. The number of rotatable bonds is 8. The van der Waals surface area contributed by atoms with Crippen LogP contribution in [0, 0.1) is 0 Å². The molecule has 1 unspecified atom stereocenters. The number of esters is 1. The lowest BCUT2D eigenvalue weighted by Crippen LogP contribution is -2.39. The lowest BCUT2D eigenvalue weighted by atomic mass is 10.3. The van der Waals surface area contributed by atoms with E-state index in [1.165, 1.54) is 7.11 Å². The molecule has 0 saturated heterocycles. The minimum absolute atomic E-state index is 0.238. The van der Waals surface area contributed by atoms with E-state index in [4.69, 9.17) is 8.85 Å². The zero-order valence-corrected chi connectivity index (χ0v) is 11.8. The maximum absolute atomic E-state index is 11.1. The molecular weight excluding hydrogens is 226 g/mol. The van der Waals surface area contributed by atoms with Gasteiger partial charge in [-0.2, -0.15) is 0 Å². The largest absolute Gasteiger partial charge is 0.468 e. The van der Waals surface area contributed by atoms with Crippen LogP contribution in [0.2, 0.25) is 12.6 Å². The molecule has 5 nitrogen and oxygen atoms in total. The van der Waals surface area contributed by atoms with E-state index in [2.05, 4.69) is 10.1 Å². The summed E-state index contributed by atoms with van der Waals surface area (Å²) in [4.78, 5) is 11.1. The van der Waals surface area contributed by atoms with Gasteiger partial charge in [-0.15, -0.1) is 0 Å². The minimum Gasteiger partial charge on any atom is -0.468 e. The number of carbonyl (C=O) groups excluding carboxylic acids is 1. The highest BCUT2D eigenvalue weighted by Gasteiger charge is 2.27. The summed E-state index contributed by atoms with van der Waals surface area (Å²) in [7, 11) is 2.79. The van der Waals surface area contributed by atoms with Crippen molar-refractivity contribution in [3.05, 3.63) is 0 Å². The van der Waals surface area contributed by atoms with E-state index in [0.29, 0.717) is 0 Å². The van der Waals surface area contributed by atoms with Crippen LogP contribution in [0.1, 0.15) is 13.3 Å². The second kappa shape index (κ2) is 7.78. The van der Waals surface area contributed by atoms with Gasteiger partial charge in [0.15, 0.2) is 0 Å². The quantitative estimate of drug-likeness (QED) is 0.393. The van der Waals surface area contributed by atoms with Gasteiger partial charge in [0.2, 0.25) is 0 Å². The van der Waals surface area contributed by atoms with E-state index in [9.17, 15) is 4.79 Å². The standard InChI is InChI=1S/C10H23NO4Si/c1-9(10(12)13-2)11-7-6-8-16(5,14-3)15-4/h9,11H,6-8H2,1-5H3. The second-order valence-corrected chi connectivity index (χ2v) is 7.43. The van der Waals surface area contributed by atoms with Crippen LogP contribution in [-0.2, 0) is 18.4 Å². The number of hydrogen-bond donors (Lipinski definition) is 1. The number of carbonyl (C=O) groups is 1. The van der Waals surface area contributed by atoms with Gasteiger partial charge in [0.25, 0.3) is 0 Å². The van der Waals surface area contributed by atoms with Gasteiger partial charge in [-0.3, -0.25) is 4.79 Å². The van der Waals surface area contributed by atoms with Crippen molar-refractivity contribution >= 4 is 14.5 Å². The summed E-state index contributed by atoms with van der Waals surface area (Å²) in [6.45, 7) is 4.57. The zero-order valence-electron chi connectivity index (χ0n) is 10.8. The molecule has 0 spiro atoms. The molecular formula is C10H23NO4Si. The Labute approximate surface area is 98.7 Å². The first-order chi connectivity index (χ1) is 7.49. The minimum atomic E-state index is -1.96. The average molecular weight is 249 g/mol. The van der Waals surface area contributed by atoms with Crippen molar-refractivity contribution < 1.29 is 18.4 Å². The third kappa shape index (κ3) is 5.60. The first kappa shape index (κ1) is 15.6. The van der Waals surface area contributed by atoms with Gasteiger partial charge >= 0.3 is 14.5 Å². The molecule has 6 heteroatoms. The van der Waals surface area contributed by atoms with Crippen LogP contribution >= 0.6 is 0 Å². The Balaban J connectivity index is 3.71. The molecule has 1 N–H and O–H groups in total. The van der Waals surface area contributed by atoms with E-state index in [-0.39, 0.29) is 12.0 Å². The van der Waals surface area contributed by atoms with Crippen molar-refractivity contribution in [2.45, 2.75) is 32.0 Å². The van der Waals surface area contributed by atoms with E-state index < -0.39 is 8.56 Å². The van der Waals surface area contributed by atoms with Crippen LogP contribution in [0.5, 0.6) is 0 Å². The Morgan fingerprint density at radius 3 is 2.31 bits per heavy atom. The van der Waals surface area contributed by atoms with Gasteiger partial charge in [0, 0.05) is 14.2 Å². The summed E-state index contributed by atoms with van der Waals surface area (Å²) in [5.74, 6) is -0.238. The molecule has 0 aromatic rings. The molecule has 0 amide bonds. The normalized spacial score (nSPS) is 13.6. The van der Waals surface area contributed by atoms with Gasteiger partial charge in [-0.05, 0) is 32.5 Å². The van der Waals surface area contributed by atoms with Crippen LogP contribution in [-0.4, -0.2) is 48.4 Å². The Morgan fingerprint density at radius 1 is 1.31 bits per heavy atom. The summed E-state index contributed by atoms with van der Waals surface area (Å²) in [6, 6.07) is 0.643. The molecule has 0 aliphatic carbocycles. The summed E-state index contributed by atoms with van der Waals surface area (Å²) in [5.41, 5.74) is 0. The number of methoxy groups -OCH3 is 1. The van der Waals surface area contributed by atoms with Crippen molar-refractivity contribution in [3.8, 4) is 0 Å². The molecule has 0 heterocycles.